The van der Waals surface area contributed by atoms with Gasteiger partial charge >= 0.3 is 0 Å². The van der Waals surface area contributed by atoms with Gasteiger partial charge in [0.05, 0.1) is 0 Å². The number of piperidine rings is 1. The third-order valence-corrected chi connectivity index (χ3v) is 4.14. The molecule has 0 bridgehead atoms. The van der Waals surface area contributed by atoms with E-state index in [0.717, 1.165) is 24.9 Å². The monoisotopic (exact) mass is 339 g/mol. The van der Waals surface area contributed by atoms with Crippen LogP contribution in [0.15, 0.2) is 18.2 Å². The minimum absolute atomic E-state index is 0. The maximum Gasteiger partial charge on any atom is 0.253 e. The van der Waals surface area contributed by atoms with Gasteiger partial charge in [-0.25, -0.2) is 0 Å². The molecule has 2 amide bonds. The van der Waals surface area contributed by atoms with Gasteiger partial charge in [-0.2, -0.15) is 0 Å². The van der Waals surface area contributed by atoms with Crippen LogP contribution in [0, 0.1) is 12.8 Å². The Bertz CT molecular complexity index is 575. The molecule has 128 valence electrons. The number of rotatable bonds is 3. The Labute approximate surface area is 144 Å². The number of carbonyl (C=O) groups excluding carboxylic acids is 2. The van der Waals surface area contributed by atoms with Crippen LogP contribution in [0.4, 0.5) is 5.69 Å². The van der Waals surface area contributed by atoms with E-state index in [4.69, 9.17) is 0 Å². The number of amides is 2. The van der Waals surface area contributed by atoms with E-state index in [1.165, 1.54) is 0 Å². The highest BCUT2D eigenvalue weighted by molar-refractivity contribution is 5.98. The Hall–Kier alpha value is -1.59. The van der Waals surface area contributed by atoms with Crippen LogP contribution < -0.4 is 10.6 Å². The second kappa shape index (κ2) is 8.31. The summed E-state index contributed by atoms with van der Waals surface area (Å²) in [6.07, 6.45) is 1.70. The quantitative estimate of drug-likeness (QED) is 0.889. The molecule has 2 N–H and O–H groups in total. The van der Waals surface area contributed by atoms with Crippen molar-refractivity contribution in [2.75, 3.05) is 26.0 Å². The van der Waals surface area contributed by atoms with Crippen LogP contribution in [-0.2, 0) is 4.79 Å². The molecule has 1 aliphatic rings. The summed E-state index contributed by atoms with van der Waals surface area (Å²) in [4.78, 5) is 26.1. The first-order valence-corrected chi connectivity index (χ1v) is 7.75. The van der Waals surface area contributed by atoms with E-state index >= 15 is 0 Å². The number of nitrogens with zero attached hydrogens (tertiary/aromatic N) is 1. The van der Waals surface area contributed by atoms with Gasteiger partial charge in [0, 0.05) is 37.3 Å². The van der Waals surface area contributed by atoms with Crippen molar-refractivity contribution in [1.82, 2.24) is 10.2 Å². The van der Waals surface area contributed by atoms with Gasteiger partial charge in [-0.15, -0.1) is 12.4 Å². The van der Waals surface area contributed by atoms with E-state index in [2.05, 4.69) is 17.6 Å². The number of benzene rings is 1. The van der Waals surface area contributed by atoms with Crippen LogP contribution >= 0.6 is 12.4 Å². The van der Waals surface area contributed by atoms with Gasteiger partial charge in [0.15, 0.2) is 0 Å². The summed E-state index contributed by atoms with van der Waals surface area (Å²) in [5, 5.41) is 6.30. The Kier molecular flexibility index (Phi) is 7.03. The van der Waals surface area contributed by atoms with Gasteiger partial charge in [0.2, 0.25) is 5.91 Å². The molecule has 1 heterocycles. The van der Waals surface area contributed by atoms with Gasteiger partial charge in [-0.3, -0.25) is 9.59 Å². The normalized spacial score (nSPS) is 20.3. The summed E-state index contributed by atoms with van der Waals surface area (Å²) in [7, 11) is 3.45. The summed E-state index contributed by atoms with van der Waals surface area (Å²) >= 11 is 0. The van der Waals surface area contributed by atoms with E-state index < -0.39 is 0 Å². The maximum absolute atomic E-state index is 12.4. The third-order valence-electron chi connectivity index (χ3n) is 4.14. The highest BCUT2D eigenvalue weighted by Gasteiger charge is 2.25. The van der Waals surface area contributed by atoms with Crippen LogP contribution in [0.2, 0.25) is 0 Å². The van der Waals surface area contributed by atoms with Gasteiger partial charge in [0.25, 0.3) is 5.91 Å². The minimum atomic E-state index is -0.0518. The number of anilines is 1. The Morgan fingerprint density at radius 2 is 2.00 bits per heavy atom. The molecule has 0 aliphatic carbocycles. The van der Waals surface area contributed by atoms with Crippen molar-refractivity contribution in [2.45, 2.75) is 32.7 Å². The van der Waals surface area contributed by atoms with Crippen molar-refractivity contribution < 1.29 is 9.59 Å². The molecule has 1 saturated heterocycles. The van der Waals surface area contributed by atoms with E-state index in [0.29, 0.717) is 17.3 Å². The zero-order valence-electron chi connectivity index (χ0n) is 14.2. The summed E-state index contributed by atoms with van der Waals surface area (Å²) in [5.74, 6) is 0.0232. The average Bonchev–Trinajstić information content (AvgIpc) is 2.48. The lowest BCUT2D eigenvalue weighted by Gasteiger charge is -2.27. The number of carbonyl (C=O) groups is 2. The fourth-order valence-corrected chi connectivity index (χ4v) is 2.79. The standard InChI is InChI=1S/C17H25N3O2.ClH/c1-11-5-6-14(10-15(11)17(22)20(3)4)19-16(21)13-7-8-18-12(2)9-13;/h5-6,10,12-13,18H,7-9H2,1-4H3,(H,19,21);1H/t12-,13-;/m0./s1. The van der Waals surface area contributed by atoms with Crippen LogP contribution in [0.25, 0.3) is 0 Å². The van der Waals surface area contributed by atoms with Gasteiger partial charge in [-0.1, -0.05) is 6.07 Å². The first-order chi connectivity index (χ1) is 10.4. The van der Waals surface area contributed by atoms with Crippen molar-refractivity contribution in [3.63, 3.8) is 0 Å². The number of hydrogen-bond acceptors (Lipinski definition) is 3. The molecule has 0 radical (unpaired) electrons. The number of aryl methyl sites for hydroxylation is 1. The molecule has 23 heavy (non-hydrogen) atoms. The summed E-state index contributed by atoms with van der Waals surface area (Å²) in [6, 6.07) is 5.86. The number of nitrogens with one attached hydrogen (secondary N) is 2. The highest BCUT2D eigenvalue weighted by atomic mass is 35.5. The zero-order valence-corrected chi connectivity index (χ0v) is 15.0. The van der Waals surface area contributed by atoms with E-state index in [9.17, 15) is 9.59 Å². The third kappa shape index (κ3) is 4.94. The molecular formula is C17H26ClN3O2. The smallest absolute Gasteiger partial charge is 0.253 e. The topological polar surface area (TPSA) is 61.4 Å². The molecule has 2 rings (SSSR count). The average molecular weight is 340 g/mol. The van der Waals surface area contributed by atoms with E-state index in [1.54, 1.807) is 25.1 Å². The first kappa shape index (κ1) is 19.5. The summed E-state index contributed by atoms with van der Waals surface area (Å²) < 4.78 is 0. The number of halogens is 1. The molecule has 1 aliphatic heterocycles. The van der Waals surface area contributed by atoms with Gasteiger partial charge in [-0.05, 0) is 50.9 Å². The Balaban J connectivity index is 0.00000264. The molecular weight excluding hydrogens is 314 g/mol. The minimum Gasteiger partial charge on any atom is -0.345 e. The maximum atomic E-state index is 12.4. The van der Waals surface area contributed by atoms with Crippen molar-refractivity contribution in [3.8, 4) is 0 Å². The van der Waals surface area contributed by atoms with Crippen LogP contribution in [0.1, 0.15) is 35.7 Å². The van der Waals surface area contributed by atoms with Crippen LogP contribution in [-0.4, -0.2) is 43.4 Å². The van der Waals surface area contributed by atoms with E-state index in [1.807, 2.05) is 19.1 Å². The molecule has 0 unspecified atom stereocenters. The second-order valence-electron chi connectivity index (χ2n) is 6.30. The Morgan fingerprint density at radius 1 is 1.30 bits per heavy atom. The zero-order chi connectivity index (χ0) is 16.3. The predicted molar refractivity (Wildman–Crippen MR) is 95.3 cm³/mol. The van der Waals surface area contributed by atoms with Gasteiger partial charge < -0.3 is 15.5 Å². The molecule has 1 fully saturated rings. The molecule has 5 nitrogen and oxygen atoms in total. The number of hydrogen-bond donors (Lipinski definition) is 2. The summed E-state index contributed by atoms with van der Waals surface area (Å²) in [5.41, 5.74) is 2.22. The van der Waals surface area contributed by atoms with Crippen LogP contribution in [0.3, 0.4) is 0 Å². The fourth-order valence-electron chi connectivity index (χ4n) is 2.79. The second-order valence-corrected chi connectivity index (χ2v) is 6.30. The summed E-state index contributed by atoms with van der Waals surface area (Å²) in [6.45, 7) is 4.87. The van der Waals surface area contributed by atoms with Crippen LogP contribution in [0.5, 0.6) is 0 Å². The predicted octanol–water partition coefficient (Wildman–Crippen LogP) is 2.45. The molecule has 1 aromatic carbocycles. The van der Waals surface area contributed by atoms with Crippen molar-refractivity contribution in [3.05, 3.63) is 29.3 Å². The lowest BCUT2D eigenvalue weighted by molar-refractivity contribution is -0.120. The first-order valence-electron chi connectivity index (χ1n) is 7.75. The van der Waals surface area contributed by atoms with Crippen molar-refractivity contribution in [2.24, 2.45) is 5.92 Å². The molecule has 2 atom stereocenters. The lowest BCUT2D eigenvalue weighted by Crippen LogP contribution is -2.40. The molecule has 6 heteroatoms. The molecule has 0 saturated carbocycles. The molecule has 1 aromatic rings. The molecule has 0 spiro atoms. The lowest BCUT2D eigenvalue weighted by atomic mass is 9.92. The van der Waals surface area contributed by atoms with Gasteiger partial charge in [0.1, 0.15) is 0 Å². The van der Waals surface area contributed by atoms with Crippen molar-refractivity contribution >= 4 is 29.9 Å². The van der Waals surface area contributed by atoms with E-state index in [-0.39, 0.29) is 30.1 Å². The SMILES string of the molecule is Cc1ccc(NC(=O)[C@H]2CCN[C@@H](C)C2)cc1C(=O)N(C)C.Cl. The highest BCUT2D eigenvalue weighted by Crippen LogP contribution is 2.21. The fraction of sp³-hybridized carbons (Fsp3) is 0.529. The Morgan fingerprint density at radius 3 is 2.61 bits per heavy atom. The molecule has 0 aromatic heterocycles. The van der Waals surface area contributed by atoms with Crippen molar-refractivity contribution in [1.29, 1.82) is 0 Å². The largest absolute Gasteiger partial charge is 0.345 e.